The van der Waals surface area contributed by atoms with Crippen molar-refractivity contribution in [2.24, 2.45) is 11.8 Å². The Morgan fingerprint density at radius 2 is 2.12 bits per heavy atom. The number of carbonyl (C=O) groups excluding carboxylic acids is 1. The van der Waals surface area contributed by atoms with E-state index in [4.69, 9.17) is 0 Å². The van der Waals surface area contributed by atoms with Crippen molar-refractivity contribution in [3.05, 3.63) is 18.0 Å². The van der Waals surface area contributed by atoms with Crippen LogP contribution in [-0.2, 0) is 17.9 Å². The summed E-state index contributed by atoms with van der Waals surface area (Å²) in [4.78, 5) is 14.2. The molecule has 1 amide bonds. The van der Waals surface area contributed by atoms with Crippen molar-refractivity contribution >= 4 is 5.91 Å². The van der Waals surface area contributed by atoms with E-state index in [1.54, 1.807) is 0 Å². The Morgan fingerprint density at radius 3 is 2.72 bits per heavy atom. The molecule has 2 heterocycles. The SMILES string of the molecule is CCn1cc(CN2C[C@@H](NC(=O)CCC(F)(F)F)[C@H](C3CC3)C2)cn1. The summed E-state index contributed by atoms with van der Waals surface area (Å²) in [5.74, 6) is 0.445. The van der Waals surface area contributed by atoms with Gasteiger partial charge in [-0.2, -0.15) is 18.3 Å². The van der Waals surface area contributed by atoms with Crippen LogP contribution >= 0.6 is 0 Å². The Morgan fingerprint density at radius 1 is 1.36 bits per heavy atom. The molecule has 2 fully saturated rings. The van der Waals surface area contributed by atoms with Crippen LogP contribution < -0.4 is 5.32 Å². The normalized spacial score (nSPS) is 24.6. The van der Waals surface area contributed by atoms with Crippen LogP contribution in [0.25, 0.3) is 0 Å². The average molecular weight is 358 g/mol. The van der Waals surface area contributed by atoms with Crippen molar-refractivity contribution in [3.63, 3.8) is 0 Å². The highest BCUT2D eigenvalue weighted by molar-refractivity contribution is 5.76. The average Bonchev–Trinajstić information content (AvgIpc) is 3.16. The summed E-state index contributed by atoms with van der Waals surface area (Å²) in [6, 6.07) is -0.0468. The molecular formula is C17H25F3N4O. The lowest BCUT2D eigenvalue weighted by molar-refractivity contribution is -0.144. The van der Waals surface area contributed by atoms with Gasteiger partial charge in [0.05, 0.1) is 12.6 Å². The van der Waals surface area contributed by atoms with Gasteiger partial charge in [-0.15, -0.1) is 0 Å². The fourth-order valence-electron chi connectivity index (χ4n) is 3.65. The summed E-state index contributed by atoms with van der Waals surface area (Å²) in [5, 5.41) is 7.13. The van der Waals surface area contributed by atoms with Crippen LogP contribution in [-0.4, -0.2) is 45.9 Å². The summed E-state index contributed by atoms with van der Waals surface area (Å²) in [7, 11) is 0. The van der Waals surface area contributed by atoms with Gasteiger partial charge in [-0.25, -0.2) is 0 Å². The molecule has 0 spiro atoms. The first-order valence-corrected chi connectivity index (χ1v) is 8.94. The Kier molecular flexibility index (Phi) is 5.36. The van der Waals surface area contributed by atoms with E-state index >= 15 is 0 Å². The number of likely N-dealkylation sites (tertiary alicyclic amines) is 1. The van der Waals surface area contributed by atoms with Gasteiger partial charge in [-0.1, -0.05) is 0 Å². The Balaban J connectivity index is 1.54. The molecule has 1 saturated heterocycles. The van der Waals surface area contributed by atoms with Crippen molar-refractivity contribution in [2.45, 2.75) is 57.9 Å². The molecule has 25 heavy (non-hydrogen) atoms. The summed E-state index contributed by atoms with van der Waals surface area (Å²) in [6.45, 7) is 5.19. The number of carbonyl (C=O) groups is 1. The number of hydrogen-bond donors (Lipinski definition) is 1. The number of aryl methyl sites for hydroxylation is 1. The zero-order valence-corrected chi connectivity index (χ0v) is 14.4. The first-order chi connectivity index (χ1) is 11.8. The van der Waals surface area contributed by atoms with Gasteiger partial charge in [0.2, 0.25) is 5.91 Å². The van der Waals surface area contributed by atoms with E-state index in [0.717, 1.165) is 38.0 Å². The zero-order valence-electron chi connectivity index (χ0n) is 14.4. The van der Waals surface area contributed by atoms with Gasteiger partial charge in [-0.3, -0.25) is 14.4 Å². The summed E-state index contributed by atoms with van der Waals surface area (Å²) >= 11 is 0. The minimum absolute atomic E-state index is 0.0468. The number of nitrogens with zero attached hydrogens (tertiary/aromatic N) is 3. The van der Waals surface area contributed by atoms with E-state index in [-0.39, 0.29) is 6.04 Å². The van der Waals surface area contributed by atoms with Gasteiger partial charge in [0.25, 0.3) is 0 Å². The van der Waals surface area contributed by atoms with Gasteiger partial charge in [-0.05, 0) is 31.6 Å². The number of rotatable bonds is 7. The van der Waals surface area contributed by atoms with Crippen molar-refractivity contribution < 1.29 is 18.0 Å². The fraction of sp³-hybridized carbons (Fsp3) is 0.765. The number of aromatic nitrogens is 2. The minimum atomic E-state index is -4.28. The van der Waals surface area contributed by atoms with Crippen LogP contribution in [0.4, 0.5) is 13.2 Å². The van der Waals surface area contributed by atoms with Gasteiger partial charge in [0, 0.05) is 50.4 Å². The van der Waals surface area contributed by atoms with Crippen LogP contribution in [0, 0.1) is 11.8 Å². The third-order valence-electron chi connectivity index (χ3n) is 5.07. The molecule has 1 aliphatic heterocycles. The predicted molar refractivity (Wildman–Crippen MR) is 86.6 cm³/mol. The van der Waals surface area contributed by atoms with Crippen molar-refractivity contribution in [3.8, 4) is 0 Å². The maximum Gasteiger partial charge on any atom is 0.389 e. The molecule has 2 atom stereocenters. The van der Waals surface area contributed by atoms with E-state index in [2.05, 4.69) is 15.3 Å². The molecule has 5 nitrogen and oxygen atoms in total. The molecule has 0 radical (unpaired) electrons. The standard InChI is InChI=1S/C17H25F3N4O/c1-2-24-9-12(7-21-24)8-23-10-14(13-3-4-13)15(11-23)22-16(25)5-6-17(18,19)20/h7,9,13-15H,2-6,8,10-11H2,1H3,(H,22,25)/t14-,15+/m0/s1. The molecule has 2 aliphatic rings. The third kappa shape index (κ3) is 5.20. The van der Waals surface area contributed by atoms with Crippen molar-refractivity contribution in [1.82, 2.24) is 20.0 Å². The van der Waals surface area contributed by atoms with Gasteiger partial charge < -0.3 is 5.32 Å². The molecule has 140 valence electrons. The van der Waals surface area contributed by atoms with Crippen LogP contribution in [0.2, 0.25) is 0 Å². The highest BCUT2D eigenvalue weighted by Gasteiger charge is 2.43. The second-order valence-electron chi connectivity index (χ2n) is 7.19. The van der Waals surface area contributed by atoms with E-state index in [9.17, 15) is 18.0 Å². The summed E-state index contributed by atoms with van der Waals surface area (Å²) in [5.41, 5.74) is 1.13. The largest absolute Gasteiger partial charge is 0.389 e. The van der Waals surface area contributed by atoms with E-state index in [1.165, 1.54) is 0 Å². The molecular weight excluding hydrogens is 333 g/mol. The van der Waals surface area contributed by atoms with Gasteiger partial charge in [0.1, 0.15) is 0 Å². The first-order valence-electron chi connectivity index (χ1n) is 8.94. The van der Waals surface area contributed by atoms with Crippen molar-refractivity contribution in [2.75, 3.05) is 13.1 Å². The second-order valence-corrected chi connectivity index (χ2v) is 7.19. The molecule has 1 N–H and O–H groups in total. The lowest BCUT2D eigenvalue weighted by atomic mass is 9.98. The molecule has 1 aromatic rings. The monoisotopic (exact) mass is 358 g/mol. The number of hydrogen-bond acceptors (Lipinski definition) is 3. The number of alkyl halides is 3. The fourth-order valence-corrected chi connectivity index (χ4v) is 3.65. The summed E-state index contributed by atoms with van der Waals surface area (Å²) < 4.78 is 38.7. The summed E-state index contributed by atoms with van der Waals surface area (Å²) in [6.07, 6.45) is 0.350. The smallest absolute Gasteiger partial charge is 0.352 e. The molecule has 0 aromatic carbocycles. The van der Waals surface area contributed by atoms with Crippen molar-refractivity contribution in [1.29, 1.82) is 0 Å². The lowest BCUT2D eigenvalue weighted by Gasteiger charge is -2.19. The molecule has 8 heteroatoms. The topological polar surface area (TPSA) is 50.2 Å². The highest BCUT2D eigenvalue weighted by Crippen LogP contribution is 2.41. The molecule has 1 aromatic heterocycles. The predicted octanol–water partition coefficient (Wildman–Crippen LogP) is 2.57. The van der Waals surface area contributed by atoms with E-state index in [0.29, 0.717) is 18.4 Å². The number of nitrogens with one attached hydrogen (secondary N) is 1. The number of amides is 1. The zero-order chi connectivity index (χ0) is 18.0. The Hall–Kier alpha value is -1.57. The molecule has 1 saturated carbocycles. The second kappa shape index (κ2) is 7.35. The minimum Gasteiger partial charge on any atom is -0.352 e. The molecule has 3 rings (SSSR count). The van der Waals surface area contributed by atoms with Crippen LogP contribution in [0.1, 0.15) is 38.2 Å². The van der Waals surface area contributed by atoms with Crippen LogP contribution in [0.5, 0.6) is 0 Å². The molecule has 0 unspecified atom stereocenters. The van der Waals surface area contributed by atoms with E-state index < -0.39 is 24.9 Å². The third-order valence-corrected chi connectivity index (χ3v) is 5.07. The number of halogens is 3. The lowest BCUT2D eigenvalue weighted by Crippen LogP contribution is -2.41. The highest BCUT2D eigenvalue weighted by atomic mass is 19.4. The molecule has 1 aliphatic carbocycles. The first kappa shape index (κ1) is 18.2. The molecule has 0 bridgehead atoms. The quantitative estimate of drug-likeness (QED) is 0.815. The maximum absolute atomic E-state index is 12.3. The maximum atomic E-state index is 12.3. The van der Waals surface area contributed by atoms with Crippen LogP contribution in [0.15, 0.2) is 12.4 Å². The van der Waals surface area contributed by atoms with E-state index in [1.807, 2.05) is 24.0 Å². The van der Waals surface area contributed by atoms with Gasteiger partial charge in [0.15, 0.2) is 0 Å². The Labute approximate surface area is 145 Å². The Bertz CT molecular complexity index is 597. The van der Waals surface area contributed by atoms with Crippen LogP contribution in [0.3, 0.4) is 0 Å². The van der Waals surface area contributed by atoms with Gasteiger partial charge >= 0.3 is 6.18 Å².